The predicted molar refractivity (Wildman–Crippen MR) is 90.6 cm³/mol. The summed E-state index contributed by atoms with van der Waals surface area (Å²) < 4.78 is 1.60. The number of hydrogen-bond acceptors (Lipinski definition) is 3. The standard InChI is InChI=1S/C17H20ClN3O/c1-19-6-5-14(11-17(19)22)13-20-7-9-21(10-8-20)16-4-2-3-15(18)12-16/h2-6,11-12H,7-10,13H2,1H3. The number of rotatable bonds is 3. The minimum absolute atomic E-state index is 0.0510. The Morgan fingerprint density at radius 3 is 2.55 bits per heavy atom. The smallest absolute Gasteiger partial charge is 0.250 e. The molecule has 0 bridgehead atoms. The van der Waals surface area contributed by atoms with E-state index in [1.807, 2.05) is 30.5 Å². The van der Waals surface area contributed by atoms with E-state index in [2.05, 4.69) is 15.9 Å². The van der Waals surface area contributed by atoms with Crippen LogP contribution in [0.2, 0.25) is 5.02 Å². The highest BCUT2D eigenvalue weighted by molar-refractivity contribution is 6.30. The van der Waals surface area contributed by atoms with Crippen LogP contribution in [0.4, 0.5) is 5.69 Å². The summed E-state index contributed by atoms with van der Waals surface area (Å²) in [5, 5.41) is 0.778. The zero-order valence-corrected chi connectivity index (χ0v) is 13.5. The van der Waals surface area contributed by atoms with Crippen molar-refractivity contribution in [3.05, 3.63) is 63.5 Å². The Bertz CT molecular complexity index is 705. The summed E-state index contributed by atoms with van der Waals surface area (Å²) >= 11 is 6.06. The third-order valence-electron chi connectivity index (χ3n) is 4.12. The molecule has 4 nitrogen and oxygen atoms in total. The van der Waals surface area contributed by atoms with Crippen LogP contribution in [0.3, 0.4) is 0 Å². The second-order valence-electron chi connectivity index (χ2n) is 5.73. The highest BCUT2D eigenvalue weighted by Crippen LogP contribution is 2.21. The molecule has 0 amide bonds. The summed E-state index contributed by atoms with van der Waals surface area (Å²) in [6.45, 7) is 4.76. The third-order valence-corrected chi connectivity index (χ3v) is 4.36. The first-order chi connectivity index (χ1) is 10.6. The van der Waals surface area contributed by atoms with Gasteiger partial charge in [-0.2, -0.15) is 0 Å². The third kappa shape index (κ3) is 3.51. The lowest BCUT2D eigenvalue weighted by atomic mass is 10.2. The van der Waals surface area contributed by atoms with Crippen molar-refractivity contribution in [2.75, 3.05) is 31.1 Å². The Labute approximate surface area is 135 Å². The highest BCUT2D eigenvalue weighted by Gasteiger charge is 2.17. The lowest BCUT2D eigenvalue weighted by Crippen LogP contribution is -2.46. The van der Waals surface area contributed by atoms with Crippen molar-refractivity contribution in [1.29, 1.82) is 0 Å². The van der Waals surface area contributed by atoms with Gasteiger partial charge in [0, 0.05) is 62.7 Å². The second kappa shape index (κ2) is 6.55. The first kappa shape index (κ1) is 15.1. The van der Waals surface area contributed by atoms with E-state index in [0.29, 0.717) is 0 Å². The maximum Gasteiger partial charge on any atom is 0.250 e. The molecule has 0 unspecified atom stereocenters. The molecule has 0 N–H and O–H groups in total. The van der Waals surface area contributed by atoms with Crippen LogP contribution in [0.5, 0.6) is 0 Å². The molecule has 22 heavy (non-hydrogen) atoms. The zero-order valence-electron chi connectivity index (χ0n) is 12.7. The molecule has 0 saturated carbocycles. The van der Waals surface area contributed by atoms with Gasteiger partial charge in [-0.15, -0.1) is 0 Å². The van der Waals surface area contributed by atoms with Crippen LogP contribution in [-0.2, 0) is 13.6 Å². The average Bonchev–Trinajstić information content (AvgIpc) is 2.52. The van der Waals surface area contributed by atoms with Crippen LogP contribution in [0, 0.1) is 0 Å². The van der Waals surface area contributed by atoms with E-state index < -0.39 is 0 Å². The van der Waals surface area contributed by atoms with Crippen LogP contribution in [0.1, 0.15) is 5.56 Å². The van der Waals surface area contributed by atoms with Gasteiger partial charge in [-0.1, -0.05) is 17.7 Å². The van der Waals surface area contributed by atoms with E-state index >= 15 is 0 Å². The molecule has 1 fully saturated rings. The van der Waals surface area contributed by atoms with Gasteiger partial charge in [0.05, 0.1) is 0 Å². The van der Waals surface area contributed by atoms with Crippen LogP contribution >= 0.6 is 11.6 Å². The molecule has 0 radical (unpaired) electrons. The van der Waals surface area contributed by atoms with Gasteiger partial charge in [-0.3, -0.25) is 9.69 Å². The quantitative estimate of drug-likeness (QED) is 0.870. The van der Waals surface area contributed by atoms with Crippen molar-refractivity contribution in [1.82, 2.24) is 9.47 Å². The molecular formula is C17H20ClN3O. The number of anilines is 1. The molecule has 0 spiro atoms. The monoisotopic (exact) mass is 317 g/mol. The SMILES string of the molecule is Cn1ccc(CN2CCN(c3cccc(Cl)c3)CC2)cc1=O. The van der Waals surface area contributed by atoms with E-state index in [1.165, 1.54) is 5.69 Å². The van der Waals surface area contributed by atoms with Crippen molar-refractivity contribution < 1.29 is 0 Å². The fourth-order valence-corrected chi connectivity index (χ4v) is 2.97. The molecule has 1 aliphatic rings. The molecule has 1 saturated heterocycles. The minimum atomic E-state index is 0.0510. The summed E-state index contributed by atoms with van der Waals surface area (Å²) in [5.74, 6) is 0. The summed E-state index contributed by atoms with van der Waals surface area (Å²) in [5.41, 5.74) is 2.31. The molecule has 1 aromatic heterocycles. The fourth-order valence-electron chi connectivity index (χ4n) is 2.78. The molecule has 1 aliphatic heterocycles. The van der Waals surface area contributed by atoms with E-state index in [9.17, 15) is 4.79 Å². The summed E-state index contributed by atoms with van der Waals surface area (Å²) in [6, 6.07) is 11.7. The molecule has 2 heterocycles. The van der Waals surface area contributed by atoms with Crippen molar-refractivity contribution in [3.63, 3.8) is 0 Å². The number of benzene rings is 1. The Kier molecular flexibility index (Phi) is 4.50. The number of aryl methyl sites for hydroxylation is 1. The number of pyridine rings is 1. The molecule has 3 rings (SSSR count). The number of halogens is 1. The van der Waals surface area contributed by atoms with Gasteiger partial charge in [0.2, 0.25) is 0 Å². The number of nitrogens with zero attached hydrogens (tertiary/aromatic N) is 3. The van der Waals surface area contributed by atoms with Crippen LogP contribution in [-0.4, -0.2) is 35.6 Å². The van der Waals surface area contributed by atoms with Crippen molar-refractivity contribution >= 4 is 17.3 Å². The Balaban J connectivity index is 1.59. The maximum atomic E-state index is 11.7. The van der Waals surface area contributed by atoms with Crippen LogP contribution < -0.4 is 10.5 Å². The minimum Gasteiger partial charge on any atom is -0.369 e. The number of hydrogen-bond donors (Lipinski definition) is 0. The molecule has 5 heteroatoms. The summed E-state index contributed by atoms with van der Waals surface area (Å²) in [4.78, 5) is 16.4. The largest absolute Gasteiger partial charge is 0.369 e. The molecular weight excluding hydrogens is 298 g/mol. The normalized spacial score (nSPS) is 16.0. The molecule has 116 valence electrons. The van der Waals surface area contributed by atoms with E-state index in [-0.39, 0.29) is 5.56 Å². The first-order valence-corrected chi connectivity index (χ1v) is 7.88. The maximum absolute atomic E-state index is 11.7. The molecule has 0 aliphatic carbocycles. The van der Waals surface area contributed by atoms with Crippen molar-refractivity contribution in [2.24, 2.45) is 7.05 Å². The van der Waals surface area contributed by atoms with Crippen LogP contribution in [0.25, 0.3) is 0 Å². The van der Waals surface area contributed by atoms with E-state index in [1.54, 1.807) is 17.7 Å². The van der Waals surface area contributed by atoms with E-state index in [4.69, 9.17) is 11.6 Å². The summed E-state index contributed by atoms with van der Waals surface area (Å²) in [7, 11) is 1.77. The first-order valence-electron chi connectivity index (χ1n) is 7.50. The van der Waals surface area contributed by atoms with Gasteiger partial charge in [0.1, 0.15) is 0 Å². The average molecular weight is 318 g/mol. The predicted octanol–water partition coefficient (Wildman–Crippen LogP) is 2.36. The van der Waals surface area contributed by atoms with Crippen LogP contribution in [0.15, 0.2) is 47.4 Å². The summed E-state index contributed by atoms with van der Waals surface area (Å²) in [6.07, 6.45) is 1.83. The van der Waals surface area contributed by atoms with Gasteiger partial charge in [0.25, 0.3) is 5.56 Å². The molecule has 0 atom stereocenters. The topological polar surface area (TPSA) is 28.5 Å². The number of piperazine rings is 1. The van der Waals surface area contributed by atoms with Crippen molar-refractivity contribution in [3.8, 4) is 0 Å². The Hall–Kier alpha value is -1.78. The fraction of sp³-hybridized carbons (Fsp3) is 0.353. The van der Waals surface area contributed by atoms with Gasteiger partial charge in [-0.05, 0) is 29.8 Å². The highest BCUT2D eigenvalue weighted by atomic mass is 35.5. The lowest BCUT2D eigenvalue weighted by molar-refractivity contribution is 0.249. The van der Waals surface area contributed by atoms with E-state index in [0.717, 1.165) is 43.3 Å². The Morgan fingerprint density at radius 2 is 1.86 bits per heavy atom. The van der Waals surface area contributed by atoms with Gasteiger partial charge < -0.3 is 9.47 Å². The molecule has 2 aromatic rings. The number of aromatic nitrogens is 1. The van der Waals surface area contributed by atoms with Gasteiger partial charge in [-0.25, -0.2) is 0 Å². The van der Waals surface area contributed by atoms with Gasteiger partial charge >= 0.3 is 0 Å². The lowest BCUT2D eigenvalue weighted by Gasteiger charge is -2.36. The Morgan fingerprint density at radius 1 is 1.09 bits per heavy atom. The van der Waals surface area contributed by atoms with Gasteiger partial charge in [0.15, 0.2) is 0 Å². The van der Waals surface area contributed by atoms with Crippen molar-refractivity contribution in [2.45, 2.75) is 6.54 Å². The zero-order chi connectivity index (χ0) is 15.5. The molecule has 1 aromatic carbocycles. The second-order valence-corrected chi connectivity index (χ2v) is 6.16.